The normalized spacial score (nSPS) is 28.2. The summed E-state index contributed by atoms with van der Waals surface area (Å²) in [6, 6.07) is 0. The standard InChI is InChI=1S/C10H16O3/c1-7(2)13-9(11)10(12)5-4-8(3)6-10/h7,12H,3-6H2,1-2H3. The van der Waals surface area contributed by atoms with Gasteiger partial charge in [0.2, 0.25) is 0 Å². The fraction of sp³-hybridized carbons (Fsp3) is 0.700. The second-order valence-electron chi connectivity index (χ2n) is 3.91. The van der Waals surface area contributed by atoms with Gasteiger partial charge < -0.3 is 9.84 Å². The van der Waals surface area contributed by atoms with Crippen LogP contribution in [0.2, 0.25) is 0 Å². The van der Waals surface area contributed by atoms with Crippen LogP contribution in [0.1, 0.15) is 33.1 Å². The summed E-state index contributed by atoms with van der Waals surface area (Å²) in [6.07, 6.45) is 1.32. The number of aliphatic hydroxyl groups is 1. The summed E-state index contributed by atoms with van der Waals surface area (Å²) in [5, 5.41) is 9.84. The van der Waals surface area contributed by atoms with Crippen LogP contribution < -0.4 is 0 Å². The highest BCUT2D eigenvalue weighted by Gasteiger charge is 2.42. The van der Waals surface area contributed by atoms with Gasteiger partial charge in [0, 0.05) is 6.42 Å². The molecule has 1 aliphatic rings. The topological polar surface area (TPSA) is 46.5 Å². The Kier molecular flexibility index (Phi) is 2.76. The highest BCUT2D eigenvalue weighted by atomic mass is 16.6. The van der Waals surface area contributed by atoms with Gasteiger partial charge in [-0.2, -0.15) is 0 Å². The SMILES string of the molecule is C=C1CCC(O)(C(=O)OC(C)C)C1. The van der Waals surface area contributed by atoms with Crippen molar-refractivity contribution in [2.45, 2.75) is 44.8 Å². The molecule has 3 heteroatoms. The minimum Gasteiger partial charge on any atom is -0.461 e. The second-order valence-corrected chi connectivity index (χ2v) is 3.91. The van der Waals surface area contributed by atoms with Crippen molar-refractivity contribution in [1.29, 1.82) is 0 Å². The van der Waals surface area contributed by atoms with Crippen LogP contribution in [-0.2, 0) is 9.53 Å². The number of ether oxygens (including phenoxy) is 1. The molecule has 1 rings (SSSR count). The van der Waals surface area contributed by atoms with Gasteiger partial charge >= 0.3 is 5.97 Å². The van der Waals surface area contributed by atoms with E-state index in [-0.39, 0.29) is 6.10 Å². The third-order valence-electron chi connectivity index (χ3n) is 2.16. The lowest BCUT2D eigenvalue weighted by Crippen LogP contribution is -2.38. The molecule has 0 heterocycles. The molecule has 0 aromatic heterocycles. The van der Waals surface area contributed by atoms with Crippen LogP contribution >= 0.6 is 0 Å². The van der Waals surface area contributed by atoms with Crippen LogP contribution in [0.5, 0.6) is 0 Å². The molecule has 1 aliphatic carbocycles. The maximum absolute atomic E-state index is 11.4. The summed E-state index contributed by atoms with van der Waals surface area (Å²) in [7, 11) is 0. The minimum absolute atomic E-state index is 0.176. The molecule has 0 amide bonds. The van der Waals surface area contributed by atoms with E-state index in [9.17, 15) is 9.90 Å². The van der Waals surface area contributed by atoms with Crippen LogP contribution in [0.25, 0.3) is 0 Å². The summed E-state index contributed by atoms with van der Waals surface area (Å²) in [5.74, 6) is -0.513. The number of carbonyl (C=O) groups is 1. The Balaban J connectivity index is 2.60. The summed E-state index contributed by atoms with van der Waals surface area (Å²) < 4.78 is 4.96. The third-order valence-corrected chi connectivity index (χ3v) is 2.16. The number of hydrogen-bond donors (Lipinski definition) is 1. The van der Waals surface area contributed by atoms with E-state index in [2.05, 4.69) is 6.58 Å². The maximum Gasteiger partial charge on any atom is 0.338 e. The molecule has 13 heavy (non-hydrogen) atoms. The molecule has 1 fully saturated rings. The molecule has 0 aromatic carbocycles. The first-order valence-electron chi connectivity index (χ1n) is 4.54. The highest BCUT2D eigenvalue weighted by molar-refractivity contribution is 5.80. The minimum atomic E-state index is -1.30. The number of esters is 1. The maximum atomic E-state index is 11.4. The van der Waals surface area contributed by atoms with Crippen molar-refractivity contribution < 1.29 is 14.6 Å². The number of carbonyl (C=O) groups excluding carboxylic acids is 1. The van der Waals surface area contributed by atoms with Crippen molar-refractivity contribution in [2.24, 2.45) is 0 Å². The lowest BCUT2D eigenvalue weighted by atomic mass is 10.0. The van der Waals surface area contributed by atoms with Gasteiger partial charge in [-0.3, -0.25) is 0 Å². The smallest absolute Gasteiger partial charge is 0.338 e. The Morgan fingerprint density at radius 1 is 1.69 bits per heavy atom. The van der Waals surface area contributed by atoms with E-state index in [1.165, 1.54) is 0 Å². The molecule has 74 valence electrons. The van der Waals surface area contributed by atoms with Crippen LogP contribution in [0, 0.1) is 0 Å². The lowest BCUT2D eigenvalue weighted by molar-refractivity contribution is -0.168. The Morgan fingerprint density at radius 3 is 2.69 bits per heavy atom. The van der Waals surface area contributed by atoms with Crippen molar-refractivity contribution in [3.8, 4) is 0 Å². The molecule has 1 atom stereocenters. The van der Waals surface area contributed by atoms with E-state index in [1.54, 1.807) is 13.8 Å². The Hall–Kier alpha value is -0.830. The van der Waals surface area contributed by atoms with Crippen molar-refractivity contribution in [2.75, 3.05) is 0 Å². The van der Waals surface area contributed by atoms with Gasteiger partial charge in [0.15, 0.2) is 5.60 Å². The van der Waals surface area contributed by atoms with Gasteiger partial charge in [0.25, 0.3) is 0 Å². The fourth-order valence-electron chi connectivity index (χ4n) is 1.47. The van der Waals surface area contributed by atoms with Gasteiger partial charge in [-0.05, 0) is 26.7 Å². The van der Waals surface area contributed by atoms with Gasteiger partial charge in [-0.1, -0.05) is 12.2 Å². The number of rotatable bonds is 2. The molecule has 1 unspecified atom stereocenters. The molecular weight excluding hydrogens is 168 g/mol. The first-order chi connectivity index (χ1) is 5.94. The molecule has 1 N–H and O–H groups in total. The van der Waals surface area contributed by atoms with E-state index in [4.69, 9.17) is 4.74 Å². The number of hydrogen-bond acceptors (Lipinski definition) is 3. The second kappa shape index (κ2) is 3.50. The molecule has 0 bridgehead atoms. The Morgan fingerprint density at radius 2 is 2.31 bits per heavy atom. The summed E-state index contributed by atoms with van der Waals surface area (Å²) in [4.78, 5) is 11.4. The van der Waals surface area contributed by atoms with Crippen LogP contribution in [0.4, 0.5) is 0 Å². The average Bonchev–Trinajstić information content (AvgIpc) is 2.31. The molecular formula is C10H16O3. The molecule has 3 nitrogen and oxygen atoms in total. The van der Waals surface area contributed by atoms with E-state index in [0.29, 0.717) is 19.3 Å². The zero-order chi connectivity index (χ0) is 10.1. The van der Waals surface area contributed by atoms with Crippen molar-refractivity contribution in [1.82, 2.24) is 0 Å². The molecule has 0 spiro atoms. The zero-order valence-corrected chi connectivity index (χ0v) is 8.17. The van der Waals surface area contributed by atoms with Gasteiger partial charge in [0.1, 0.15) is 0 Å². The van der Waals surface area contributed by atoms with Gasteiger partial charge in [0.05, 0.1) is 6.10 Å². The van der Waals surface area contributed by atoms with E-state index >= 15 is 0 Å². The first kappa shape index (κ1) is 10.3. The van der Waals surface area contributed by atoms with E-state index in [1.807, 2.05) is 0 Å². The Bertz CT molecular complexity index is 232. The van der Waals surface area contributed by atoms with Crippen molar-refractivity contribution >= 4 is 5.97 Å². The summed E-state index contributed by atoms with van der Waals surface area (Å²) in [6.45, 7) is 7.28. The highest BCUT2D eigenvalue weighted by Crippen LogP contribution is 2.34. The van der Waals surface area contributed by atoms with Gasteiger partial charge in [-0.25, -0.2) is 4.79 Å². The van der Waals surface area contributed by atoms with Crippen molar-refractivity contribution in [3.05, 3.63) is 12.2 Å². The zero-order valence-electron chi connectivity index (χ0n) is 8.17. The predicted molar refractivity (Wildman–Crippen MR) is 49.2 cm³/mol. The first-order valence-corrected chi connectivity index (χ1v) is 4.54. The molecule has 1 saturated carbocycles. The van der Waals surface area contributed by atoms with E-state index < -0.39 is 11.6 Å². The van der Waals surface area contributed by atoms with Crippen molar-refractivity contribution in [3.63, 3.8) is 0 Å². The fourth-order valence-corrected chi connectivity index (χ4v) is 1.47. The molecule has 0 saturated heterocycles. The average molecular weight is 184 g/mol. The Labute approximate surface area is 78.4 Å². The van der Waals surface area contributed by atoms with Crippen LogP contribution in [0.3, 0.4) is 0 Å². The largest absolute Gasteiger partial charge is 0.461 e. The molecule has 0 aromatic rings. The van der Waals surface area contributed by atoms with Gasteiger partial charge in [-0.15, -0.1) is 0 Å². The predicted octanol–water partition coefficient (Wildman–Crippen LogP) is 1.41. The lowest BCUT2D eigenvalue weighted by Gasteiger charge is -2.21. The summed E-state index contributed by atoms with van der Waals surface area (Å²) >= 11 is 0. The third kappa shape index (κ3) is 2.31. The summed E-state index contributed by atoms with van der Waals surface area (Å²) in [5.41, 5.74) is -0.385. The van der Waals surface area contributed by atoms with Crippen LogP contribution in [-0.4, -0.2) is 22.8 Å². The quantitative estimate of drug-likeness (QED) is 0.521. The monoisotopic (exact) mass is 184 g/mol. The molecule has 0 radical (unpaired) electrons. The van der Waals surface area contributed by atoms with Crippen LogP contribution in [0.15, 0.2) is 12.2 Å². The molecule has 0 aliphatic heterocycles. The van der Waals surface area contributed by atoms with E-state index in [0.717, 1.165) is 5.57 Å².